The van der Waals surface area contributed by atoms with Crippen molar-refractivity contribution in [2.24, 2.45) is 0 Å². The van der Waals surface area contributed by atoms with Gasteiger partial charge in [0.25, 0.3) is 5.91 Å². The van der Waals surface area contributed by atoms with Gasteiger partial charge in [-0.2, -0.15) is 18.3 Å². The summed E-state index contributed by atoms with van der Waals surface area (Å²) in [6, 6.07) is 8.83. The molecule has 0 aliphatic rings. The number of hydrogen-bond donors (Lipinski definition) is 1. The van der Waals surface area contributed by atoms with E-state index in [1.165, 1.54) is 41.0 Å². The Balaban J connectivity index is 1.65. The van der Waals surface area contributed by atoms with E-state index in [0.29, 0.717) is 11.2 Å². The Hall–Kier alpha value is -3.76. The maximum atomic E-state index is 12.4. The van der Waals surface area contributed by atoms with E-state index in [9.17, 15) is 22.8 Å². The molecule has 0 saturated heterocycles. The fraction of sp³-hybridized carbons (Fsp3) is 0.250. The van der Waals surface area contributed by atoms with E-state index < -0.39 is 31.3 Å². The van der Waals surface area contributed by atoms with Crippen LogP contribution in [0.3, 0.4) is 0 Å². The molecule has 0 bridgehead atoms. The van der Waals surface area contributed by atoms with Crippen molar-refractivity contribution in [2.45, 2.75) is 13.1 Å². The minimum atomic E-state index is -4.50. The molecule has 0 spiro atoms. The number of rotatable bonds is 8. The standard InChI is InChI=1S/C20H18F3N3O5/c1-2-29-19(28)14-10-24-26-8-7-13(9-15(14)26)25-18(27)11-30-16-5-3-4-6-17(16)31-12-20(21,22)23/h3-10H,2,11-12H2,1H3,(H,25,27). The average Bonchev–Trinajstić information content (AvgIpc) is 3.14. The second-order valence-electron chi connectivity index (χ2n) is 6.21. The highest BCUT2D eigenvalue weighted by Gasteiger charge is 2.29. The Kier molecular flexibility index (Phi) is 6.63. The summed E-state index contributed by atoms with van der Waals surface area (Å²) in [6.07, 6.45) is -1.59. The Labute approximate surface area is 174 Å². The number of para-hydroxylation sites is 2. The van der Waals surface area contributed by atoms with Crippen LogP contribution in [0.5, 0.6) is 11.5 Å². The van der Waals surface area contributed by atoms with Crippen molar-refractivity contribution in [1.29, 1.82) is 0 Å². The molecular weight excluding hydrogens is 419 g/mol. The first-order valence-electron chi connectivity index (χ1n) is 9.12. The van der Waals surface area contributed by atoms with Crippen molar-refractivity contribution in [2.75, 3.05) is 25.1 Å². The van der Waals surface area contributed by atoms with Crippen molar-refractivity contribution in [1.82, 2.24) is 9.61 Å². The number of benzene rings is 1. The Morgan fingerprint density at radius 3 is 2.52 bits per heavy atom. The van der Waals surface area contributed by atoms with Crippen LogP contribution in [0.2, 0.25) is 0 Å². The first kappa shape index (κ1) is 21.9. The number of pyridine rings is 1. The van der Waals surface area contributed by atoms with Gasteiger partial charge >= 0.3 is 12.1 Å². The number of aromatic nitrogens is 2. The van der Waals surface area contributed by atoms with E-state index in [-0.39, 0.29) is 23.7 Å². The first-order valence-corrected chi connectivity index (χ1v) is 9.12. The lowest BCUT2D eigenvalue weighted by molar-refractivity contribution is -0.153. The molecule has 0 unspecified atom stereocenters. The number of carbonyl (C=O) groups excluding carboxylic acids is 2. The van der Waals surface area contributed by atoms with Gasteiger partial charge < -0.3 is 19.5 Å². The summed E-state index contributed by atoms with van der Waals surface area (Å²) in [6.45, 7) is -0.0605. The highest BCUT2D eigenvalue weighted by molar-refractivity contribution is 5.98. The predicted octanol–water partition coefficient (Wildman–Crippen LogP) is 3.47. The normalized spacial score (nSPS) is 11.2. The molecule has 0 fully saturated rings. The van der Waals surface area contributed by atoms with Gasteiger partial charge in [0.05, 0.1) is 18.3 Å². The van der Waals surface area contributed by atoms with Crippen molar-refractivity contribution >= 4 is 23.1 Å². The molecule has 3 aromatic rings. The predicted molar refractivity (Wildman–Crippen MR) is 103 cm³/mol. The van der Waals surface area contributed by atoms with Crippen molar-refractivity contribution in [3.63, 3.8) is 0 Å². The number of ether oxygens (including phenoxy) is 3. The zero-order valence-corrected chi connectivity index (χ0v) is 16.3. The Morgan fingerprint density at radius 2 is 1.84 bits per heavy atom. The molecule has 8 nitrogen and oxygen atoms in total. The zero-order valence-electron chi connectivity index (χ0n) is 16.3. The van der Waals surface area contributed by atoms with E-state index in [2.05, 4.69) is 10.4 Å². The van der Waals surface area contributed by atoms with Crippen LogP contribution >= 0.6 is 0 Å². The minimum Gasteiger partial charge on any atom is -0.480 e. The summed E-state index contributed by atoms with van der Waals surface area (Å²) < 4.78 is 53.6. The third-order valence-electron chi connectivity index (χ3n) is 3.90. The summed E-state index contributed by atoms with van der Waals surface area (Å²) in [5.41, 5.74) is 1.04. The number of anilines is 1. The number of amides is 1. The lowest BCUT2D eigenvalue weighted by Crippen LogP contribution is -2.21. The average molecular weight is 437 g/mol. The maximum absolute atomic E-state index is 12.4. The topological polar surface area (TPSA) is 91.2 Å². The van der Waals surface area contributed by atoms with Crippen LogP contribution in [0.25, 0.3) is 5.52 Å². The van der Waals surface area contributed by atoms with Gasteiger partial charge in [0.2, 0.25) is 0 Å². The zero-order chi connectivity index (χ0) is 22.4. The maximum Gasteiger partial charge on any atom is 0.422 e. The fourth-order valence-corrected chi connectivity index (χ4v) is 2.61. The lowest BCUT2D eigenvalue weighted by Gasteiger charge is -2.14. The summed E-state index contributed by atoms with van der Waals surface area (Å²) in [7, 11) is 0. The van der Waals surface area contributed by atoms with Gasteiger partial charge in [-0.25, -0.2) is 9.31 Å². The van der Waals surface area contributed by atoms with E-state index in [4.69, 9.17) is 14.2 Å². The van der Waals surface area contributed by atoms with Crippen LogP contribution in [0.4, 0.5) is 18.9 Å². The van der Waals surface area contributed by atoms with Gasteiger partial charge in [0.1, 0.15) is 5.56 Å². The van der Waals surface area contributed by atoms with Crippen LogP contribution < -0.4 is 14.8 Å². The second-order valence-corrected chi connectivity index (χ2v) is 6.21. The highest BCUT2D eigenvalue weighted by atomic mass is 19.4. The molecule has 3 rings (SSSR count). The van der Waals surface area contributed by atoms with Crippen molar-refractivity contribution in [3.8, 4) is 11.5 Å². The number of carbonyl (C=O) groups is 2. The van der Waals surface area contributed by atoms with Crippen LogP contribution in [0, 0.1) is 0 Å². The van der Waals surface area contributed by atoms with Crippen molar-refractivity contribution in [3.05, 3.63) is 54.4 Å². The SMILES string of the molecule is CCOC(=O)c1cnn2ccc(NC(=O)COc3ccccc3OCC(F)(F)F)cc12. The number of hydrogen-bond acceptors (Lipinski definition) is 6. The molecule has 11 heteroatoms. The summed E-state index contributed by atoms with van der Waals surface area (Å²) in [5.74, 6) is -1.24. The molecule has 2 heterocycles. The monoisotopic (exact) mass is 437 g/mol. The van der Waals surface area contributed by atoms with Crippen LogP contribution in [0.1, 0.15) is 17.3 Å². The number of alkyl halides is 3. The van der Waals surface area contributed by atoms with E-state index in [1.807, 2.05) is 0 Å². The first-order chi connectivity index (χ1) is 14.8. The Bertz CT molecular complexity index is 1080. The van der Waals surface area contributed by atoms with E-state index in [1.54, 1.807) is 19.2 Å². The molecule has 2 aromatic heterocycles. The number of nitrogens with zero attached hydrogens (tertiary/aromatic N) is 2. The summed E-state index contributed by atoms with van der Waals surface area (Å²) >= 11 is 0. The van der Waals surface area contributed by atoms with Gasteiger partial charge in [-0.3, -0.25) is 4.79 Å². The third kappa shape index (κ3) is 5.87. The number of esters is 1. The molecule has 1 aromatic carbocycles. The second kappa shape index (κ2) is 9.37. The third-order valence-corrected chi connectivity index (χ3v) is 3.90. The molecule has 1 N–H and O–H groups in total. The molecule has 0 atom stereocenters. The number of halogens is 3. The number of fused-ring (bicyclic) bond motifs is 1. The molecular formula is C20H18F3N3O5. The lowest BCUT2D eigenvalue weighted by atomic mass is 10.2. The molecule has 164 valence electrons. The summed E-state index contributed by atoms with van der Waals surface area (Å²) in [5, 5.41) is 6.64. The van der Waals surface area contributed by atoms with Gasteiger partial charge in [0, 0.05) is 11.9 Å². The fourth-order valence-electron chi connectivity index (χ4n) is 2.61. The largest absolute Gasteiger partial charge is 0.480 e. The van der Waals surface area contributed by atoms with Gasteiger partial charge in [-0.15, -0.1) is 0 Å². The van der Waals surface area contributed by atoms with Crippen LogP contribution in [-0.2, 0) is 9.53 Å². The molecule has 0 aliphatic carbocycles. The quantitative estimate of drug-likeness (QED) is 0.543. The van der Waals surface area contributed by atoms with Gasteiger partial charge in [-0.05, 0) is 31.2 Å². The van der Waals surface area contributed by atoms with Gasteiger partial charge in [0.15, 0.2) is 24.7 Å². The van der Waals surface area contributed by atoms with E-state index in [0.717, 1.165) is 0 Å². The molecule has 31 heavy (non-hydrogen) atoms. The Morgan fingerprint density at radius 1 is 1.13 bits per heavy atom. The summed E-state index contributed by atoms with van der Waals surface area (Å²) in [4.78, 5) is 24.2. The van der Waals surface area contributed by atoms with Crippen molar-refractivity contribution < 1.29 is 37.0 Å². The highest BCUT2D eigenvalue weighted by Crippen LogP contribution is 2.28. The molecule has 0 aliphatic heterocycles. The van der Waals surface area contributed by atoms with Crippen LogP contribution in [-0.4, -0.2) is 47.5 Å². The molecule has 1 amide bonds. The minimum absolute atomic E-state index is 0.00209. The molecule has 0 saturated carbocycles. The van der Waals surface area contributed by atoms with Crippen LogP contribution in [0.15, 0.2) is 48.8 Å². The number of nitrogens with one attached hydrogen (secondary N) is 1. The van der Waals surface area contributed by atoms with Gasteiger partial charge in [-0.1, -0.05) is 12.1 Å². The smallest absolute Gasteiger partial charge is 0.422 e. The van der Waals surface area contributed by atoms with E-state index >= 15 is 0 Å². The molecule has 0 radical (unpaired) electrons.